The minimum atomic E-state index is 0.0262. The maximum Gasteiger partial charge on any atom is 0.224 e. The maximum atomic E-state index is 11.8. The Morgan fingerprint density at radius 3 is 2.89 bits per heavy atom. The van der Waals surface area contributed by atoms with Crippen LogP contribution in [-0.2, 0) is 17.8 Å². The van der Waals surface area contributed by atoms with Gasteiger partial charge in [-0.1, -0.05) is 23.8 Å². The highest BCUT2D eigenvalue weighted by Crippen LogP contribution is 2.11. The zero-order valence-corrected chi connectivity index (χ0v) is 10.7. The van der Waals surface area contributed by atoms with E-state index in [4.69, 9.17) is 0 Å². The van der Waals surface area contributed by atoms with E-state index in [2.05, 4.69) is 27.6 Å². The van der Waals surface area contributed by atoms with E-state index < -0.39 is 0 Å². The van der Waals surface area contributed by atoms with E-state index in [1.807, 2.05) is 26.0 Å². The van der Waals surface area contributed by atoms with E-state index in [0.29, 0.717) is 13.0 Å². The molecule has 0 unspecified atom stereocenters. The maximum absolute atomic E-state index is 11.8. The molecule has 0 saturated carbocycles. The van der Waals surface area contributed by atoms with Crippen molar-refractivity contribution in [3.63, 3.8) is 0 Å². The van der Waals surface area contributed by atoms with Crippen LogP contribution < -0.4 is 5.32 Å². The van der Waals surface area contributed by atoms with Crippen LogP contribution in [0.5, 0.6) is 0 Å². The molecule has 0 radical (unpaired) electrons. The molecule has 94 valence electrons. The van der Waals surface area contributed by atoms with E-state index in [1.165, 1.54) is 5.56 Å². The highest BCUT2D eigenvalue weighted by atomic mass is 16.1. The van der Waals surface area contributed by atoms with Gasteiger partial charge in [0.15, 0.2) is 0 Å². The van der Waals surface area contributed by atoms with Crippen LogP contribution in [-0.4, -0.2) is 16.1 Å². The number of amides is 1. The molecule has 2 N–H and O–H groups in total. The molecule has 0 spiro atoms. The first-order valence-corrected chi connectivity index (χ1v) is 5.96. The Labute approximate surface area is 106 Å². The van der Waals surface area contributed by atoms with Crippen LogP contribution in [0.2, 0.25) is 0 Å². The molecule has 2 rings (SSSR count). The SMILES string of the molecule is Cc1ccc(C)c(CC(=O)NCc2ccn[nH]2)c1. The molecule has 0 atom stereocenters. The predicted octanol–water partition coefficient (Wildman–Crippen LogP) is 1.89. The number of carbonyl (C=O) groups excluding carboxylic acids is 1. The van der Waals surface area contributed by atoms with Gasteiger partial charge >= 0.3 is 0 Å². The number of rotatable bonds is 4. The molecule has 4 heteroatoms. The molecule has 1 aromatic heterocycles. The largest absolute Gasteiger partial charge is 0.350 e. The summed E-state index contributed by atoms with van der Waals surface area (Å²) in [5.41, 5.74) is 4.32. The molecule has 1 amide bonds. The van der Waals surface area contributed by atoms with Crippen LogP contribution in [0.4, 0.5) is 0 Å². The average molecular weight is 243 g/mol. The third-order valence-corrected chi connectivity index (χ3v) is 2.89. The van der Waals surface area contributed by atoms with Gasteiger partial charge in [0.05, 0.1) is 18.7 Å². The Morgan fingerprint density at radius 2 is 2.17 bits per heavy atom. The second kappa shape index (κ2) is 5.49. The van der Waals surface area contributed by atoms with E-state index in [0.717, 1.165) is 16.8 Å². The topological polar surface area (TPSA) is 57.8 Å². The Hall–Kier alpha value is -2.10. The van der Waals surface area contributed by atoms with Crippen molar-refractivity contribution in [2.75, 3.05) is 0 Å². The van der Waals surface area contributed by atoms with Crippen LogP contribution in [0.15, 0.2) is 30.5 Å². The minimum absolute atomic E-state index is 0.0262. The van der Waals surface area contributed by atoms with Crippen molar-refractivity contribution in [1.82, 2.24) is 15.5 Å². The molecular formula is C14H17N3O. The number of H-pyrrole nitrogens is 1. The first-order chi connectivity index (χ1) is 8.65. The lowest BCUT2D eigenvalue weighted by Crippen LogP contribution is -2.25. The number of nitrogens with zero attached hydrogens (tertiary/aromatic N) is 1. The smallest absolute Gasteiger partial charge is 0.224 e. The molecule has 0 fully saturated rings. The minimum Gasteiger partial charge on any atom is -0.350 e. The number of aromatic amines is 1. The number of hydrogen-bond donors (Lipinski definition) is 2. The molecule has 18 heavy (non-hydrogen) atoms. The molecule has 0 saturated heterocycles. The molecule has 4 nitrogen and oxygen atoms in total. The monoisotopic (exact) mass is 243 g/mol. The number of carbonyl (C=O) groups is 1. The summed E-state index contributed by atoms with van der Waals surface area (Å²) in [4.78, 5) is 11.8. The standard InChI is InChI=1S/C14H17N3O/c1-10-3-4-11(2)12(7-10)8-14(18)15-9-13-5-6-16-17-13/h3-7H,8-9H2,1-2H3,(H,15,18)(H,16,17). The fourth-order valence-corrected chi connectivity index (χ4v) is 1.80. The highest BCUT2D eigenvalue weighted by molar-refractivity contribution is 5.78. The zero-order chi connectivity index (χ0) is 13.0. The Kier molecular flexibility index (Phi) is 3.77. The summed E-state index contributed by atoms with van der Waals surface area (Å²) in [7, 11) is 0. The van der Waals surface area contributed by atoms with Gasteiger partial charge in [-0.25, -0.2) is 0 Å². The summed E-state index contributed by atoms with van der Waals surface area (Å²) in [6, 6.07) is 8.01. The summed E-state index contributed by atoms with van der Waals surface area (Å²) in [6.07, 6.45) is 2.09. The number of nitrogens with one attached hydrogen (secondary N) is 2. The molecule has 0 aliphatic heterocycles. The van der Waals surface area contributed by atoms with Crippen LogP contribution in [0.25, 0.3) is 0 Å². The van der Waals surface area contributed by atoms with Crippen LogP contribution in [0.3, 0.4) is 0 Å². The molecule has 1 heterocycles. The Morgan fingerprint density at radius 1 is 1.33 bits per heavy atom. The van der Waals surface area contributed by atoms with Gasteiger partial charge in [0.25, 0.3) is 0 Å². The Bertz CT molecular complexity index is 532. The first kappa shape index (κ1) is 12.4. The molecule has 1 aromatic carbocycles. The van der Waals surface area contributed by atoms with Crippen molar-refractivity contribution in [1.29, 1.82) is 0 Å². The lowest BCUT2D eigenvalue weighted by molar-refractivity contribution is -0.120. The van der Waals surface area contributed by atoms with E-state index in [9.17, 15) is 4.79 Å². The van der Waals surface area contributed by atoms with Crippen molar-refractivity contribution in [2.24, 2.45) is 0 Å². The second-order valence-electron chi connectivity index (χ2n) is 4.47. The zero-order valence-electron chi connectivity index (χ0n) is 10.7. The summed E-state index contributed by atoms with van der Waals surface area (Å²) in [6.45, 7) is 4.55. The highest BCUT2D eigenvalue weighted by Gasteiger charge is 2.06. The number of aryl methyl sites for hydroxylation is 2. The van der Waals surface area contributed by atoms with Gasteiger partial charge in [0.2, 0.25) is 5.91 Å². The van der Waals surface area contributed by atoms with Crippen LogP contribution >= 0.6 is 0 Å². The van der Waals surface area contributed by atoms with Gasteiger partial charge in [-0.3, -0.25) is 9.89 Å². The van der Waals surface area contributed by atoms with Gasteiger partial charge in [-0.2, -0.15) is 5.10 Å². The fourth-order valence-electron chi connectivity index (χ4n) is 1.80. The van der Waals surface area contributed by atoms with Gasteiger partial charge in [0.1, 0.15) is 0 Å². The lowest BCUT2D eigenvalue weighted by atomic mass is 10.0. The van der Waals surface area contributed by atoms with E-state index in [1.54, 1.807) is 6.20 Å². The second-order valence-corrected chi connectivity index (χ2v) is 4.47. The third kappa shape index (κ3) is 3.20. The van der Waals surface area contributed by atoms with E-state index >= 15 is 0 Å². The van der Waals surface area contributed by atoms with Gasteiger partial charge < -0.3 is 5.32 Å². The van der Waals surface area contributed by atoms with E-state index in [-0.39, 0.29) is 5.91 Å². The van der Waals surface area contributed by atoms with Crippen molar-refractivity contribution >= 4 is 5.91 Å². The summed E-state index contributed by atoms with van der Waals surface area (Å²) < 4.78 is 0. The Balaban J connectivity index is 1.92. The number of benzene rings is 1. The molecule has 0 bridgehead atoms. The van der Waals surface area contributed by atoms with Crippen molar-refractivity contribution in [2.45, 2.75) is 26.8 Å². The number of hydrogen-bond acceptors (Lipinski definition) is 2. The summed E-state index contributed by atoms with van der Waals surface area (Å²) in [5.74, 6) is 0.0262. The van der Waals surface area contributed by atoms with Crippen LogP contribution in [0, 0.1) is 13.8 Å². The quantitative estimate of drug-likeness (QED) is 0.861. The lowest BCUT2D eigenvalue weighted by Gasteiger charge is -2.07. The normalized spacial score (nSPS) is 10.3. The van der Waals surface area contributed by atoms with Crippen molar-refractivity contribution in [3.05, 3.63) is 52.8 Å². The third-order valence-electron chi connectivity index (χ3n) is 2.89. The predicted molar refractivity (Wildman–Crippen MR) is 70.1 cm³/mol. The first-order valence-electron chi connectivity index (χ1n) is 5.96. The van der Waals surface area contributed by atoms with Crippen molar-refractivity contribution in [3.8, 4) is 0 Å². The molecular weight excluding hydrogens is 226 g/mol. The van der Waals surface area contributed by atoms with Gasteiger partial charge in [-0.05, 0) is 31.0 Å². The van der Waals surface area contributed by atoms with Gasteiger partial charge in [-0.15, -0.1) is 0 Å². The number of aromatic nitrogens is 2. The molecule has 0 aliphatic carbocycles. The average Bonchev–Trinajstić information content (AvgIpc) is 2.84. The van der Waals surface area contributed by atoms with Crippen LogP contribution in [0.1, 0.15) is 22.4 Å². The molecule has 0 aliphatic rings. The fraction of sp³-hybridized carbons (Fsp3) is 0.286. The summed E-state index contributed by atoms with van der Waals surface area (Å²) in [5, 5.41) is 9.52. The van der Waals surface area contributed by atoms with Gasteiger partial charge in [0, 0.05) is 6.20 Å². The van der Waals surface area contributed by atoms with Crippen molar-refractivity contribution < 1.29 is 4.79 Å². The molecule has 2 aromatic rings. The summed E-state index contributed by atoms with van der Waals surface area (Å²) >= 11 is 0.